The Labute approximate surface area is 162 Å². The van der Waals surface area contributed by atoms with E-state index in [2.05, 4.69) is 51.4 Å². The molecule has 7 heteroatoms. The van der Waals surface area contributed by atoms with Gasteiger partial charge < -0.3 is 15.1 Å². The lowest BCUT2D eigenvalue weighted by Gasteiger charge is -2.36. The van der Waals surface area contributed by atoms with Crippen LogP contribution in [0.4, 0.5) is 16.5 Å². The van der Waals surface area contributed by atoms with Gasteiger partial charge in [-0.05, 0) is 36.8 Å². The first kappa shape index (κ1) is 17.5. The van der Waals surface area contributed by atoms with Gasteiger partial charge in [0.15, 0.2) is 5.13 Å². The van der Waals surface area contributed by atoms with Crippen LogP contribution in [0.15, 0.2) is 54.2 Å². The summed E-state index contributed by atoms with van der Waals surface area (Å²) in [4.78, 5) is 25.5. The summed E-state index contributed by atoms with van der Waals surface area (Å²) in [5.41, 5.74) is 3.83. The molecule has 0 atom stereocenters. The largest absolute Gasteiger partial charge is 0.368 e. The van der Waals surface area contributed by atoms with Crippen molar-refractivity contribution < 1.29 is 4.79 Å². The highest BCUT2D eigenvalue weighted by Gasteiger charge is 2.24. The number of thiazole rings is 1. The molecule has 6 nitrogen and oxygen atoms in total. The molecule has 3 aromatic rings. The third-order valence-electron chi connectivity index (χ3n) is 4.57. The van der Waals surface area contributed by atoms with Gasteiger partial charge in [0.2, 0.25) is 0 Å². The predicted octanol–water partition coefficient (Wildman–Crippen LogP) is 3.55. The second-order valence-electron chi connectivity index (χ2n) is 6.52. The van der Waals surface area contributed by atoms with Crippen LogP contribution in [0, 0.1) is 6.92 Å². The van der Waals surface area contributed by atoms with E-state index in [1.165, 1.54) is 22.6 Å². The number of hydrogen-bond donors (Lipinski definition) is 1. The number of pyridine rings is 1. The van der Waals surface area contributed by atoms with Crippen LogP contribution in [-0.2, 0) is 0 Å². The number of nitrogens with one attached hydrogen (secondary N) is 1. The molecule has 2 aromatic heterocycles. The minimum atomic E-state index is -0.00520. The molecule has 1 aliphatic rings. The van der Waals surface area contributed by atoms with E-state index in [0.717, 1.165) is 18.8 Å². The Morgan fingerprint density at radius 3 is 2.74 bits per heavy atom. The summed E-state index contributed by atoms with van der Waals surface area (Å²) in [6, 6.07) is 12.3. The van der Waals surface area contributed by atoms with E-state index < -0.39 is 0 Å². The molecule has 1 amide bonds. The van der Waals surface area contributed by atoms with Crippen molar-refractivity contribution in [1.29, 1.82) is 0 Å². The van der Waals surface area contributed by atoms with Crippen molar-refractivity contribution in [3.63, 3.8) is 0 Å². The van der Waals surface area contributed by atoms with Gasteiger partial charge in [-0.2, -0.15) is 0 Å². The minimum Gasteiger partial charge on any atom is -0.368 e. The van der Waals surface area contributed by atoms with E-state index in [9.17, 15) is 4.79 Å². The molecule has 1 aliphatic heterocycles. The summed E-state index contributed by atoms with van der Waals surface area (Å²) < 4.78 is 0. The number of anilines is 3. The molecule has 0 unspecified atom stereocenters. The Morgan fingerprint density at radius 1 is 1.15 bits per heavy atom. The van der Waals surface area contributed by atoms with Crippen LogP contribution >= 0.6 is 11.3 Å². The molecule has 1 saturated heterocycles. The summed E-state index contributed by atoms with van der Waals surface area (Å²) in [7, 11) is 0. The molecule has 0 bridgehead atoms. The molecule has 0 radical (unpaired) electrons. The quantitative estimate of drug-likeness (QED) is 0.751. The Hall–Kier alpha value is -2.93. The van der Waals surface area contributed by atoms with Crippen molar-refractivity contribution in [2.75, 3.05) is 36.4 Å². The maximum Gasteiger partial charge on any atom is 0.273 e. The Kier molecular flexibility index (Phi) is 5.02. The summed E-state index contributed by atoms with van der Waals surface area (Å²) in [5.74, 6) is -0.00520. The van der Waals surface area contributed by atoms with Crippen LogP contribution in [0.5, 0.6) is 0 Å². The fourth-order valence-corrected chi connectivity index (χ4v) is 3.85. The van der Waals surface area contributed by atoms with Crippen molar-refractivity contribution in [1.82, 2.24) is 14.9 Å². The van der Waals surface area contributed by atoms with Crippen molar-refractivity contribution in [3.05, 3.63) is 65.4 Å². The average Bonchev–Trinajstić information content (AvgIpc) is 3.17. The van der Waals surface area contributed by atoms with Gasteiger partial charge in [-0.1, -0.05) is 12.1 Å². The zero-order valence-corrected chi connectivity index (χ0v) is 15.9. The molecule has 4 rings (SSSR count). The Bertz CT molecular complexity index is 919. The van der Waals surface area contributed by atoms with E-state index >= 15 is 0 Å². The van der Waals surface area contributed by atoms with Crippen molar-refractivity contribution >= 4 is 33.8 Å². The molecule has 0 spiro atoms. The van der Waals surface area contributed by atoms with Gasteiger partial charge in [0.1, 0.15) is 5.69 Å². The number of amides is 1. The third kappa shape index (κ3) is 4.09. The number of benzene rings is 1. The first-order valence-electron chi connectivity index (χ1n) is 8.92. The Balaban J connectivity index is 1.37. The zero-order valence-electron chi connectivity index (χ0n) is 15.1. The van der Waals surface area contributed by atoms with Crippen LogP contribution in [0.1, 0.15) is 16.1 Å². The van der Waals surface area contributed by atoms with Gasteiger partial charge in [0.05, 0.1) is 11.9 Å². The highest BCUT2D eigenvalue weighted by molar-refractivity contribution is 7.14. The number of carbonyl (C=O) groups is 1. The molecule has 138 valence electrons. The van der Waals surface area contributed by atoms with Crippen LogP contribution in [-0.4, -0.2) is 47.0 Å². The van der Waals surface area contributed by atoms with Gasteiger partial charge >= 0.3 is 0 Å². The third-order valence-corrected chi connectivity index (χ3v) is 5.33. The molecule has 1 aromatic carbocycles. The number of hydrogen-bond acceptors (Lipinski definition) is 6. The highest BCUT2D eigenvalue weighted by Crippen LogP contribution is 2.22. The lowest BCUT2D eigenvalue weighted by Crippen LogP contribution is -2.48. The topological polar surface area (TPSA) is 61.4 Å². The van der Waals surface area contributed by atoms with Crippen LogP contribution in [0.2, 0.25) is 0 Å². The molecular formula is C20H21N5OS. The average molecular weight is 379 g/mol. The van der Waals surface area contributed by atoms with Gasteiger partial charge in [-0.15, -0.1) is 11.3 Å². The van der Waals surface area contributed by atoms with E-state index in [1.807, 2.05) is 22.4 Å². The number of carbonyl (C=O) groups excluding carboxylic acids is 1. The first-order chi connectivity index (χ1) is 13.2. The van der Waals surface area contributed by atoms with Crippen molar-refractivity contribution in [3.8, 4) is 0 Å². The second-order valence-corrected chi connectivity index (χ2v) is 7.38. The van der Waals surface area contributed by atoms with Crippen LogP contribution in [0.25, 0.3) is 0 Å². The van der Waals surface area contributed by atoms with E-state index in [-0.39, 0.29) is 5.91 Å². The van der Waals surface area contributed by atoms with E-state index in [0.29, 0.717) is 23.9 Å². The fourth-order valence-electron chi connectivity index (χ4n) is 3.14. The maximum atomic E-state index is 12.8. The summed E-state index contributed by atoms with van der Waals surface area (Å²) in [6.45, 7) is 5.17. The molecular weight excluding hydrogens is 358 g/mol. The first-order valence-corrected chi connectivity index (χ1v) is 9.80. The molecule has 1 N–H and O–H groups in total. The SMILES string of the molecule is Cc1cccc(N2CCN(C(=O)c3csc(Nc4cccnc4)n3)CC2)c1. The Morgan fingerprint density at radius 2 is 2.00 bits per heavy atom. The van der Waals surface area contributed by atoms with E-state index in [1.54, 1.807) is 12.4 Å². The summed E-state index contributed by atoms with van der Waals surface area (Å²) in [6.07, 6.45) is 3.45. The molecule has 0 saturated carbocycles. The zero-order chi connectivity index (χ0) is 18.6. The standard InChI is InChI=1S/C20H21N5OS/c1-15-4-2-6-17(12-15)24-8-10-25(11-9-24)19(26)18-14-27-20(23-18)22-16-5-3-7-21-13-16/h2-7,12-14H,8-11H2,1H3,(H,22,23). The normalized spacial score (nSPS) is 14.3. The molecule has 1 fully saturated rings. The van der Waals surface area contributed by atoms with E-state index in [4.69, 9.17) is 0 Å². The molecule has 27 heavy (non-hydrogen) atoms. The van der Waals surface area contributed by atoms with Crippen molar-refractivity contribution in [2.45, 2.75) is 6.92 Å². The smallest absolute Gasteiger partial charge is 0.273 e. The van der Waals surface area contributed by atoms with Gasteiger partial charge in [-0.25, -0.2) is 4.98 Å². The number of aryl methyl sites for hydroxylation is 1. The highest BCUT2D eigenvalue weighted by atomic mass is 32.1. The van der Waals surface area contributed by atoms with Gasteiger partial charge in [-0.3, -0.25) is 9.78 Å². The van der Waals surface area contributed by atoms with Gasteiger partial charge in [0.25, 0.3) is 5.91 Å². The monoisotopic (exact) mass is 379 g/mol. The lowest BCUT2D eigenvalue weighted by atomic mass is 10.2. The maximum absolute atomic E-state index is 12.8. The number of nitrogens with zero attached hydrogens (tertiary/aromatic N) is 4. The number of piperazine rings is 1. The predicted molar refractivity (Wildman–Crippen MR) is 109 cm³/mol. The lowest BCUT2D eigenvalue weighted by molar-refractivity contribution is 0.0742. The van der Waals surface area contributed by atoms with Gasteiger partial charge in [0, 0.05) is 43.4 Å². The summed E-state index contributed by atoms with van der Waals surface area (Å²) >= 11 is 1.43. The molecule has 0 aliphatic carbocycles. The second kappa shape index (κ2) is 7.75. The number of rotatable bonds is 4. The summed E-state index contributed by atoms with van der Waals surface area (Å²) in [5, 5.41) is 5.69. The van der Waals surface area contributed by atoms with Crippen LogP contribution < -0.4 is 10.2 Å². The van der Waals surface area contributed by atoms with Crippen LogP contribution in [0.3, 0.4) is 0 Å². The number of aromatic nitrogens is 2. The molecule has 3 heterocycles. The fraction of sp³-hybridized carbons (Fsp3) is 0.250. The minimum absolute atomic E-state index is 0.00520. The van der Waals surface area contributed by atoms with Crippen molar-refractivity contribution in [2.24, 2.45) is 0 Å².